The normalized spacial score (nSPS) is 14.5. The van der Waals surface area contributed by atoms with Crippen molar-refractivity contribution < 1.29 is 22.7 Å². The van der Waals surface area contributed by atoms with Crippen LogP contribution in [0.15, 0.2) is 47.4 Å². The van der Waals surface area contributed by atoms with Gasteiger partial charge in [0.05, 0.1) is 22.8 Å². The molecule has 164 valence electrons. The summed E-state index contributed by atoms with van der Waals surface area (Å²) >= 11 is 0. The van der Waals surface area contributed by atoms with Crippen molar-refractivity contribution in [1.82, 2.24) is 4.31 Å². The summed E-state index contributed by atoms with van der Waals surface area (Å²) in [4.78, 5) is 12.6. The first kappa shape index (κ1) is 22.6. The standard InChI is InChI=1S/C22H25N3O5S/c1-2-29-21-11-10-18(31(27,28)25-12-6-3-7-13-25)14-19(21)24-22(26)16-30-20-9-5-4-8-17(20)15-23/h4-5,8-11,14H,2-3,6-7,12-13,16H2,1H3,(H,24,26). The average Bonchev–Trinajstić information content (AvgIpc) is 2.79. The molecule has 3 rings (SSSR count). The lowest BCUT2D eigenvalue weighted by Gasteiger charge is -2.26. The van der Waals surface area contributed by atoms with Crippen molar-refractivity contribution in [1.29, 1.82) is 5.26 Å². The fraction of sp³-hybridized carbons (Fsp3) is 0.364. The lowest BCUT2D eigenvalue weighted by molar-refractivity contribution is -0.118. The molecule has 31 heavy (non-hydrogen) atoms. The van der Waals surface area contributed by atoms with Crippen LogP contribution in [0, 0.1) is 11.3 Å². The monoisotopic (exact) mass is 443 g/mol. The Morgan fingerprint density at radius 1 is 1.10 bits per heavy atom. The van der Waals surface area contributed by atoms with Crippen LogP contribution in [0.4, 0.5) is 5.69 Å². The average molecular weight is 444 g/mol. The Labute approximate surface area is 182 Å². The van der Waals surface area contributed by atoms with E-state index >= 15 is 0 Å². The molecule has 0 radical (unpaired) electrons. The molecule has 9 heteroatoms. The first-order valence-electron chi connectivity index (χ1n) is 10.1. The number of sulfonamides is 1. The van der Waals surface area contributed by atoms with Gasteiger partial charge in [0.2, 0.25) is 10.0 Å². The summed E-state index contributed by atoms with van der Waals surface area (Å²) in [6, 6.07) is 13.0. The smallest absolute Gasteiger partial charge is 0.262 e. The third kappa shape index (κ3) is 5.54. The molecule has 1 heterocycles. The largest absolute Gasteiger partial charge is 0.492 e. The van der Waals surface area contributed by atoms with Gasteiger partial charge in [-0.1, -0.05) is 18.6 Å². The number of carbonyl (C=O) groups excluding carboxylic acids is 1. The van der Waals surface area contributed by atoms with E-state index in [-0.39, 0.29) is 17.2 Å². The van der Waals surface area contributed by atoms with Crippen molar-refractivity contribution in [2.75, 3.05) is 31.6 Å². The summed E-state index contributed by atoms with van der Waals surface area (Å²) < 4.78 is 38.5. The Balaban J connectivity index is 1.77. The minimum absolute atomic E-state index is 0.101. The molecule has 0 bridgehead atoms. The molecule has 0 atom stereocenters. The second kappa shape index (κ2) is 10.3. The Morgan fingerprint density at radius 3 is 2.55 bits per heavy atom. The molecule has 1 fully saturated rings. The highest BCUT2D eigenvalue weighted by Gasteiger charge is 2.27. The maximum Gasteiger partial charge on any atom is 0.262 e. The summed E-state index contributed by atoms with van der Waals surface area (Å²) in [6.45, 7) is 2.79. The van der Waals surface area contributed by atoms with Crippen LogP contribution in [-0.2, 0) is 14.8 Å². The maximum absolute atomic E-state index is 13.0. The summed E-state index contributed by atoms with van der Waals surface area (Å²) in [5, 5.41) is 11.8. The highest BCUT2D eigenvalue weighted by molar-refractivity contribution is 7.89. The van der Waals surface area contributed by atoms with Crippen molar-refractivity contribution >= 4 is 21.6 Å². The number of piperidine rings is 1. The number of amides is 1. The van der Waals surface area contributed by atoms with E-state index in [1.54, 1.807) is 37.3 Å². The molecule has 1 aliphatic heterocycles. The van der Waals surface area contributed by atoms with Crippen molar-refractivity contribution in [2.45, 2.75) is 31.1 Å². The van der Waals surface area contributed by atoms with Crippen molar-refractivity contribution in [3.63, 3.8) is 0 Å². The van der Waals surface area contributed by atoms with E-state index < -0.39 is 15.9 Å². The Hall–Kier alpha value is -3.09. The van der Waals surface area contributed by atoms with Crippen LogP contribution < -0.4 is 14.8 Å². The zero-order valence-corrected chi connectivity index (χ0v) is 18.2. The highest BCUT2D eigenvalue weighted by atomic mass is 32.2. The van der Waals surface area contributed by atoms with Gasteiger partial charge in [-0.2, -0.15) is 9.57 Å². The van der Waals surface area contributed by atoms with E-state index in [0.29, 0.717) is 36.8 Å². The van der Waals surface area contributed by atoms with E-state index in [1.165, 1.54) is 16.4 Å². The molecule has 1 saturated heterocycles. The Morgan fingerprint density at radius 2 is 1.84 bits per heavy atom. The number of nitrogens with one attached hydrogen (secondary N) is 1. The van der Waals surface area contributed by atoms with Gasteiger partial charge < -0.3 is 14.8 Å². The van der Waals surface area contributed by atoms with Crippen molar-refractivity contribution in [2.24, 2.45) is 0 Å². The second-order valence-electron chi connectivity index (χ2n) is 7.00. The van der Waals surface area contributed by atoms with Crippen LogP contribution in [0.2, 0.25) is 0 Å². The van der Waals surface area contributed by atoms with E-state index in [9.17, 15) is 13.2 Å². The molecule has 2 aromatic rings. The first-order chi connectivity index (χ1) is 15.0. The van der Waals surface area contributed by atoms with Crippen molar-refractivity contribution in [3.05, 3.63) is 48.0 Å². The third-order valence-electron chi connectivity index (χ3n) is 4.84. The molecule has 0 unspecified atom stereocenters. The number of benzene rings is 2. The number of nitrogens with zero attached hydrogens (tertiary/aromatic N) is 2. The third-order valence-corrected chi connectivity index (χ3v) is 6.74. The minimum Gasteiger partial charge on any atom is -0.492 e. The number of hydrogen-bond acceptors (Lipinski definition) is 6. The predicted octanol–water partition coefficient (Wildman–Crippen LogP) is 3.15. The quantitative estimate of drug-likeness (QED) is 0.671. The molecule has 0 aromatic heterocycles. The molecule has 0 saturated carbocycles. The van der Waals surface area contributed by atoms with E-state index in [1.807, 2.05) is 6.07 Å². The van der Waals surface area contributed by atoms with Crippen LogP contribution in [0.25, 0.3) is 0 Å². The number of hydrogen-bond donors (Lipinski definition) is 1. The number of carbonyl (C=O) groups is 1. The molecule has 0 spiro atoms. The number of rotatable bonds is 8. The Kier molecular flexibility index (Phi) is 7.50. The fourth-order valence-electron chi connectivity index (χ4n) is 3.32. The van der Waals surface area contributed by atoms with Crippen LogP contribution in [-0.4, -0.2) is 44.9 Å². The second-order valence-corrected chi connectivity index (χ2v) is 8.94. The van der Waals surface area contributed by atoms with E-state index in [2.05, 4.69) is 5.32 Å². The van der Waals surface area contributed by atoms with Crippen molar-refractivity contribution in [3.8, 4) is 17.6 Å². The van der Waals surface area contributed by atoms with Gasteiger partial charge in [0, 0.05) is 13.1 Å². The number of ether oxygens (including phenoxy) is 2. The summed E-state index contributed by atoms with van der Waals surface area (Å²) in [6.07, 6.45) is 2.69. The number of anilines is 1. The molecule has 8 nitrogen and oxygen atoms in total. The summed E-state index contributed by atoms with van der Waals surface area (Å²) in [7, 11) is -3.66. The lowest BCUT2D eigenvalue weighted by Crippen LogP contribution is -2.35. The zero-order valence-electron chi connectivity index (χ0n) is 17.3. The summed E-state index contributed by atoms with van der Waals surface area (Å²) in [5.41, 5.74) is 0.571. The van der Waals surface area contributed by atoms with Crippen LogP contribution in [0.5, 0.6) is 11.5 Å². The molecular weight excluding hydrogens is 418 g/mol. The van der Waals surface area contributed by atoms with E-state index in [0.717, 1.165) is 19.3 Å². The number of nitriles is 1. The van der Waals surface area contributed by atoms with Gasteiger partial charge >= 0.3 is 0 Å². The highest BCUT2D eigenvalue weighted by Crippen LogP contribution is 2.30. The maximum atomic E-state index is 13.0. The van der Waals surface area contributed by atoms with Gasteiger partial charge in [-0.05, 0) is 50.1 Å². The fourth-order valence-corrected chi connectivity index (χ4v) is 4.86. The predicted molar refractivity (Wildman–Crippen MR) is 116 cm³/mol. The van der Waals surface area contributed by atoms with Gasteiger partial charge in [0.15, 0.2) is 6.61 Å². The first-order valence-corrected chi connectivity index (χ1v) is 11.6. The lowest BCUT2D eigenvalue weighted by atomic mass is 10.2. The molecule has 1 N–H and O–H groups in total. The van der Waals surface area contributed by atoms with Crippen LogP contribution >= 0.6 is 0 Å². The van der Waals surface area contributed by atoms with Gasteiger partial charge in [-0.3, -0.25) is 4.79 Å². The number of para-hydroxylation sites is 1. The molecule has 0 aliphatic carbocycles. The van der Waals surface area contributed by atoms with Gasteiger partial charge in [0.1, 0.15) is 17.6 Å². The van der Waals surface area contributed by atoms with Crippen LogP contribution in [0.1, 0.15) is 31.7 Å². The van der Waals surface area contributed by atoms with Crippen LogP contribution in [0.3, 0.4) is 0 Å². The molecular formula is C22H25N3O5S. The molecule has 2 aromatic carbocycles. The van der Waals surface area contributed by atoms with Gasteiger partial charge in [-0.25, -0.2) is 8.42 Å². The summed E-state index contributed by atoms with van der Waals surface area (Å²) in [5.74, 6) is 0.165. The SMILES string of the molecule is CCOc1ccc(S(=O)(=O)N2CCCCC2)cc1NC(=O)COc1ccccc1C#N. The molecule has 1 aliphatic rings. The topological polar surface area (TPSA) is 109 Å². The molecule has 1 amide bonds. The van der Waals surface area contributed by atoms with Gasteiger partial charge in [0.25, 0.3) is 5.91 Å². The van der Waals surface area contributed by atoms with Gasteiger partial charge in [-0.15, -0.1) is 0 Å². The Bertz CT molecular complexity index is 1070. The minimum atomic E-state index is -3.66. The zero-order chi connectivity index (χ0) is 22.3. The van der Waals surface area contributed by atoms with E-state index in [4.69, 9.17) is 14.7 Å².